The van der Waals surface area contributed by atoms with Crippen LogP contribution in [0.3, 0.4) is 0 Å². The molecule has 2 N–H and O–H groups in total. The number of rotatable bonds is 2. The number of nitrogens with zero attached hydrogens (tertiary/aromatic N) is 1. The zero-order chi connectivity index (χ0) is 16.7. The van der Waals surface area contributed by atoms with Crippen molar-refractivity contribution >= 4 is 23.3 Å². The van der Waals surface area contributed by atoms with Crippen molar-refractivity contribution in [2.24, 2.45) is 0 Å². The van der Waals surface area contributed by atoms with Gasteiger partial charge in [-0.3, -0.25) is 9.69 Å². The Morgan fingerprint density at radius 3 is 2.79 bits per heavy atom. The van der Waals surface area contributed by atoms with E-state index in [4.69, 9.17) is 4.74 Å². The summed E-state index contributed by atoms with van der Waals surface area (Å²) in [6.45, 7) is 1.97. The largest absolute Gasteiger partial charge is 0.481 e. The Labute approximate surface area is 139 Å². The number of carbonyl (C=O) groups excluding carboxylic acids is 2. The molecule has 0 saturated carbocycles. The van der Waals surface area contributed by atoms with Crippen molar-refractivity contribution in [3.63, 3.8) is 0 Å². The van der Waals surface area contributed by atoms with Gasteiger partial charge < -0.3 is 15.4 Å². The van der Waals surface area contributed by atoms with Crippen LogP contribution in [0.2, 0.25) is 0 Å². The van der Waals surface area contributed by atoms with E-state index in [0.29, 0.717) is 23.7 Å². The highest BCUT2D eigenvalue weighted by atomic mass is 16.5. The van der Waals surface area contributed by atoms with Crippen LogP contribution in [-0.4, -0.2) is 24.5 Å². The lowest BCUT2D eigenvalue weighted by Crippen LogP contribution is -2.43. The molecule has 2 atom stereocenters. The average molecular weight is 323 g/mol. The van der Waals surface area contributed by atoms with Gasteiger partial charge in [0.25, 0.3) is 0 Å². The molecule has 0 bridgehead atoms. The fraction of sp³-hybridized carbons (Fsp3) is 0.222. The highest BCUT2D eigenvalue weighted by molar-refractivity contribution is 5.99. The normalized spacial score (nSPS) is 21.4. The lowest BCUT2D eigenvalue weighted by molar-refractivity contribution is -0.114. The topological polar surface area (TPSA) is 70.7 Å². The van der Waals surface area contributed by atoms with E-state index in [1.54, 1.807) is 23.1 Å². The van der Waals surface area contributed by atoms with Crippen molar-refractivity contribution in [1.82, 2.24) is 5.32 Å². The van der Waals surface area contributed by atoms with Gasteiger partial charge in [-0.25, -0.2) is 4.79 Å². The van der Waals surface area contributed by atoms with E-state index >= 15 is 0 Å². The molecule has 2 aliphatic rings. The van der Waals surface area contributed by atoms with Gasteiger partial charge in [-0.15, -0.1) is 0 Å². The van der Waals surface area contributed by atoms with Crippen LogP contribution in [0, 0.1) is 0 Å². The zero-order valence-electron chi connectivity index (χ0n) is 13.2. The lowest BCUT2D eigenvalue weighted by atomic mass is 9.99. The van der Waals surface area contributed by atoms with Gasteiger partial charge in [-0.05, 0) is 23.8 Å². The van der Waals surface area contributed by atoms with E-state index in [2.05, 4.69) is 10.6 Å². The Balaban J connectivity index is 1.77. The smallest absolute Gasteiger partial charge is 0.322 e. The first kappa shape index (κ1) is 14.6. The molecule has 2 heterocycles. The molecule has 0 radical (unpaired) electrons. The fourth-order valence-electron chi connectivity index (χ4n) is 3.28. The number of hydrogen-bond donors (Lipinski definition) is 2. The summed E-state index contributed by atoms with van der Waals surface area (Å²) in [6.07, 6.45) is -0.232. The number of fused-ring (bicyclic) bond motifs is 3. The molecular formula is C18H17N3O3. The number of amides is 3. The number of hydrogen-bond acceptors (Lipinski definition) is 3. The van der Waals surface area contributed by atoms with Gasteiger partial charge in [0.15, 0.2) is 0 Å². The number of carbonyl (C=O) groups is 2. The number of anilines is 2. The third-order valence-corrected chi connectivity index (χ3v) is 4.28. The first-order valence-corrected chi connectivity index (χ1v) is 7.84. The van der Waals surface area contributed by atoms with Gasteiger partial charge in [-0.1, -0.05) is 30.3 Å². The van der Waals surface area contributed by atoms with E-state index in [1.165, 1.54) is 6.92 Å². The van der Waals surface area contributed by atoms with Gasteiger partial charge in [0.05, 0.1) is 11.7 Å². The second-order valence-corrected chi connectivity index (χ2v) is 5.94. The second-order valence-electron chi connectivity index (χ2n) is 5.94. The first-order chi connectivity index (χ1) is 11.6. The minimum atomic E-state index is -0.232. The molecule has 24 heavy (non-hydrogen) atoms. The molecule has 0 aromatic heterocycles. The SMILES string of the molecule is CC(=O)Nc1ccc2c(c1)N1C(=O)NCC1C(c1ccccc1)O2. The van der Waals surface area contributed by atoms with Crippen LogP contribution >= 0.6 is 0 Å². The van der Waals surface area contributed by atoms with Crippen LogP contribution < -0.4 is 20.3 Å². The highest BCUT2D eigenvalue weighted by Gasteiger charge is 2.44. The Kier molecular flexibility index (Phi) is 3.37. The van der Waals surface area contributed by atoms with Crippen molar-refractivity contribution in [3.05, 3.63) is 54.1 Å². The van der Waals surface area contributed by atoms with E-state index in [-0.39, 0.29) is 24.1 Å². The summed E-state index contributed by atoms with van der Waals surface area (Å²) in [5.74, 6) is 0.475. The van der Waals surface area contributed by atoms with Crippen molar-refractivity contribution in [1.29, 1.82) is 0 Å². The maximum atomic E-state index is 12.4. The summed E-state index contributed by atoms with van der Waals surface area (Å²) >= 11 is 0. The van der Waals surface area contributed by atoms with E-state index < -0.39 is 0 Å². The number of nitrogens with one attached hydrogen (secondary N) is 2. The van der Waals surface area contributed by atoms with Gasteiger partial charge in [-0.2, -0.15) is 0 Å². The quantitative estimate of drug-likeness (QED) is 0.892. The first-order valence-electron chi connectivity index (χ1n) is 7.84. The highest BCUT2D eigenvalue weighted by Crippen LogP contribution is 2.44. The van der Waals surface area contributed by atoms with Crippen molar-refractivity contribution < 1.29 is 14.3 Å². The molecule has 6 nitrogen and oxygen atoms in total. The Morgan fingerprint density at radius 1 is 1.25 bits per heavy atom. The van der Waals surface area contributed by atoms with Gasteiger partial charge in [0.1, 0.15) is 11.9 Å². The molecule has 0 aliphatic carbocycles. The maximum absolute atomic E-state index is 12.4. The molecule has 2 aromatic rings. The number of ether oxygens (including phenoxy) is 1. The Bertz CT molecular complexity index is 806. The fourth-order valence-corrected chi connectivity index (χ4v) is 3.28. The van der Waals surface area contributed by atoms with Crippen molar-refractivity contribution in [3.8, 4) is 5.75 Å². The van der Waals surface area contributed by atoms with Crippen LogP contribution in [0.1, 0.15) is 18.6 Å². The number of benzene rings is 2. The molecule has 3 amide bonds. The standard InChI is InChI=1S/C18H17N3O3/c1-11(22)20-13-7-8-16-14(9-13)21-15(10-19-18(21)23)17(24-16)12-5-3-2-4-6-12/h2-9,15,17H,10H2,1H3,(H,19,23)(H,20,22). The summed E-state index contributed by atoms with van der Waals surface area (Å²) in [7, 11) is 0. The average Bonchev–Trinajstić information content (AvgIpc) is 2.97. The van der Waals surface area contributed by atoms with E-state index in [9.17, 15) is 9.59 Å². The molecule has 1 fully saturated rings. The predicted molar refractivity (Wildman–Crippen MR) is 90.2 cm³/mol. The third kappa shape index (κ3) is 2.36. The van der Waals surface area contributed by atoms with Gasteiger partial charge in [0.2, 0.25) is 5.91 Å². The van der Waals surface area contributed by atoms with Crippen molar-refractivity contribution in [2.45, 2.75) is 19.1 Å². The summed E-state index contributed by atoms with van der Waals surface area (Å²) in [4.78, 5) is 25.4. The summed E-state index contributed by atoms with van der Waals surface area (Å²) in [6, 6.07) is 14.9. The number of urea groups is 1. The van der Waals surface area contributed by atoms with Crippen LogP contribution in [0.4, 0.5) is 16.2 Å². The van der Waals surface area contributed by atoms with Crippen LogP contribution in [-0.2, 0) is 4.79 Å². The summed E-state index contributed by atoms with van der Waals surface area (Å²) < 4.78 is 6.19. The minimum absolute atomic E-state index is 0.125. The molecule has 2 unspecified atom stereocenters. The molecule has 4 rings (SSSR count). The summed E-state index contributed by atoms with van der Waals surface area (Å²) in [5.41, 5.74) is 2.34. The monoisotopic (exact) mass is 323 g/mol. The van der Waals surface area contributed by atoms with Crippen LogP contribution in [0.15, 0.2) is 48.5 Å². The molecule has 122 valence electrons. The molecule has 6 heteroatoms. The van der Waals surface area contributed by atoms with Crippen LogP contribution in [0.25, 0.3) is 0 Å². The van der Waals surface area contributed by atoms with E-state index in [1.807, 2.05) is 30.3 Å². The summed E-state index contributed by atoms with van der Waals surface area (Å²) in [5, 5.41) is 5.62. The molecule has 1 saturated heterocycles. The molecule has 2 aromatic carbocycles. The van der Waals surface area contributed by atoms with Gasteiger partial charge in [0, 0.05) is 19.2 Å². The molecule has 2 aliphatic heterocycles. The third-order valence-electron chi connectivity index (χ3n) is 4.28. The second kappa shape index (κ2) is 5.56. The van der Waals surface area contributed by atoms with Gasteiger partial charge >= 0.3 is 6.03 Å². The Hall–Kier alpha value is -3.02. The Morgan fingerprint density at radius 2 is 2.04 bits per heavy atom. The molecule has 0 spiro atoms. The predicted octanol–water partition coefficient (Wildman–Crippen LogP) is 2.68. The molecular weight excluding hydrogens is 306 g/mol. The maximum Gasteiger partial charge on any atom is 0.322 e. The van der Waals surface area contributed by atoms with Crippen molar-refractivity contribution in [2.75, 3.05) is 16.8 Å². The lowest BCUT2D eigenvalue weighted by Gasteiger charge is -2.37. The zero-order valence-corrected chi connectivity index (χ0v) is 13.2. The minimum Gasteiger partial charge on any atom is -0.481 e. The van der Waals surface area contributed by atoms with Crippen LogP contribution in [0.5, 0.6) is 5.75 Å². The van der Waals surface area contributed by atoms with E-state index in [0.717, 1.165) is 5.56 Å².